The molecule has 1 nitrogen and oxygen atoms in total. The molecule has 0 radical (unpaired) electrons. The van der Waals surface area contributed by atoms with Crippen molar-refractivity contribution in [3.63, 3.8) is 0 Å². The molecule has 1 fully saturated rings. The Hall–Kier alpha value is -1.36. The van der Waals surface area contributed by atoms with E-state index in [4.69, 9.17) is 0 Å². The Morgan fingerprint density at radius 2 is 1.91 bits per heavy atom. The van der Waals surface area contributed by atoms with Gasteiger partial charge in [0.1, 0.15) is 5.82 Å². The van der Waals surface area contributed by atoms with Gasteiger partial charge in [-0.25, -0.2) is 4.39 Å². The van der Waals surface area contributed by atoms with Crippen molar-refractivity contribution in [1.82, 2.24) is 5.32 Å². The lowest BCUT2D eigenvalue weighted by atomic mass is 9.65. The van der Waals surface area contributed by atoms with Crippen LogP contribution in [0.3, 0.4) is 0 Å². The molecule has 0 amide bonds. The van der Waals surface area contributed by atoms with Gasteiger partial charge in [-0.2, -0.15) is 13.2 Å². The van der Waals surface area contributed by atoms with Gasteiger partial charge in [0, 0.05) is 11.6 Å². The van der Waals surface area contributed by atoms with Crippen molar-refractivity contribution in [2.75, 3.05) is 0 Å². The van der Waals surface area contributed by atoms with Gasteiger partial charge >= 0.3 is 6.18 Å². The second-order valence-electron chi connectivity index (χ2n) is 7.30. The van der Waals surface area contributed by atoms with Crippen molar-refractivity contribution in [2.45, 2.75) is 51.4 Å². The lowest BCUT2D eigenvalue weighted by Crippen LogP contribution is -2.55. The number of alkyl halides is 3. The standard InChI is InChI=1S/C18H21F4N/c1-10-4-6-12-9-13(10)16(23-17(12,2)3)11-5-7-14(15(19)8-11)18(20,21)22/h4-5,7-8,12-13,16,23H,6,9H2,1-3H3/t12-,13-,16+/m1/s1. The fourth-order valence-electron chi connectivity index (χ4n) is 3.95. The van der Waals surface area contributed by atoms with Crippen LogP contribution in [0.4, 0.5) is 17.6 Å². The molecule has 1 heterocycles. The van der Waals surface area contributed by atoms with E-state index in [1.54, 1.807) is 0 Å². The van der Waals surface area contributed by atoms with Crippen molar-refractivity contribution < 1.29 is 17.6 Å². The van der Waals surface area contributed by atoms with Crippen LogP contribution >= 0.6 is 0 Å². The van der Waals surface area contributed by atoms with Gasteiger partial charge in [0.05, 0.1) is 5.56 Å². The Balaban J connectivity index is 1.99. The van der Waals surface area contributed by atoms with Crippen LogP contribution in [-0.2, 0) is 6.18 Å². The number of piperidine rings is 1. The maximum absolute atomic E-state index is 14.0. The summed E-state index contributed by atoms with van der Waals surface area (Å²) >= 11 is 0. The van der Waals surface area contributed by atoms with Crippen molar-refractivity contribution in [3.8, 4) is 0 Å². The molecule has 0 aromatic heterocycles. The number of halogens is 4. The summed E-state index contributed by atoms with van der Waals surface area (Å²) in [5, 5.41) is 3.54. The Bertz CT molecular complexity index is 645. The summed E-state index contributed by atoms with van der Waals surface area (Å²) in [6, 6.07) is 3.14. The minimum Gasteiger partial charge on any atom is -0.304 e. The Kier molecular flexibility index (Phi) is 3.82. The van der Waals surface area contributed by atoms with Gasteiger partial charge in [-0.15, -0.1) is 0 Å². The second kappa shape index (κ2) is 5.33. The molecule has 2 bridgehead atoms. The highest BCUT2D eigenvalue weighted by Crippen LogP contribution is 2.47. The number of fused-ring (bicyclic) bond motifs is 2. The summed E-state index contributed by atoms with van der Waals surface area (Å²) in [5.41, 5.74) is 0.485. The van der Waals surface area contributed by atoms with Crippen LogP contribution < -0.4 is 5.32 Å². The van der Waals surface area contributed by atoms with E-state index in [2.05, 4.69) is 25.2 Å². The third-order valence-electron chi connectivity index (χ3n) is 5.46. The fourth-order valence-corrected chi connectivity index (χ4v) is 3.95. The van der Waals surface area contributed by atoms with E-state index in [1.807, 2.05) is 6.92 Å². The molecule has 5 heteroatoms. The summed E-state index contributed by atoms with van der Waals surface area (Å²) in [5.74, 6) is -0.501. The van der Waals surface area contributed by atoms with E-state index in [1.165, 1.54) is 11.6 Å². The van der Waals surface area contributed by atoms with Crippen LogP contribution in [0.5, 0.6) is 0 Å². The number of allylic oxidation sites excluding steroid dienone is 1. The van der Waals surface area contributed by atoms with Gasteiger partial charge in [0.2, 0.25) is 0 Å². The zero-order valence-corrected chi connectivity index (χ0v) is 13.5. The van der Waals surface area contributed by atoms with Gasteiger partial charge in [0.15, 0.2) is 0 Å². The van der Waals surface area contributed by atoms with Crippen LogP contribution in [0.1, 0.15) is 50.8 Å². The molecule has 1 saturated heterocycles. The predicted octanol–water partition coefficient (Wildman–Crippen LogP) is 5.24. The fraction of sp³-hybridized carbons (Fsp3) is 0.556. The Morgan fingerprint density at radius 3 is 2.52 bits per heavy atom. The number of rotatable bonds is 1. The molecule has 1 aliphatic heterocycles. The average molecular weight is 327 g/mol. The number of benzene rings is 1. The number of hydrogen-bond acceptors (Lipinski definition) is 1. The number of nitrogens with one attached hydrogen (secondary N) is 1. The van der Waals surface area contributed by atoms with Crippen molar-refractivity contribution in [1.29, 1.82) is 0 Å². The SMILES string of the molecule is CC1=CC[C@@H]2C[C@H]1[C@H](c1ccc(C(F)(F)F)c(F)c1)NC2(C)C. The second-order valence-corrected chi connectivity index (χ2v) is 7.30. The minimum atomic E-state index is -4.66. The summed E-state index contributed by atoms with van der Waals surface area (Å²) < 4.78 is 52.2. The highest BCUT2D eigenvalue weighted by molar-refractivity contribution is 5.32. The lowest BCUT2D eigenvalue weighted by molar-refractivity contribution is -0.140. The quantitative estimate of drug-likeness (QED) is 0.549. The van der Waals surface area contributed by atoms with E-state index in [0.717, 1.165) is 25.0 Å². The monoisotopic (exact) mass is 327 g/mol. The first-order valence-electron chi connectivity index (χ1n) is 7.90. The van der Waals surface area contributed by atoms with Crippen LogP contribution in [0, 0.1) is 17.7 Å². The van der Waals surface area contributed by atoms with Gasteiger partial charge in [-0.05, 0) is 63.1 Å². The zero-order valence-electron chi connectivity index (χ0n) is 13.5. The van der Waals surface area contributed by atoms with Crippen LogP contribution in [-0.4, -0.2) is 5.54 Å². The molecular weight excluding hydrogens is 306 g/mol. The molecule has 1 aromatic carbocycles. The van der Waals surface area contributed by atoms with Gasteiger partial charge < -0.3 is 5.32 Å². The van der Waals surface area contributed by atoms with E-state index < -0.39 is 17.6 Å². The molecule has 1 aromatic rings. The smallest absolute Gasteiger partial charge is 0.304 e. The Labute approximate surface area is 133 Å². The van der Waals surface area contributed by atoms with Crippen molar-refractivity contribution >= 4 is 0 Å². The average Bonchev–Trinajstić information content (AvgIpc) is 2.43. The van der Waals surface area contributed by atoms with Crippen LogP contribution in [0.2, 0.25) is 0 Å². The molecule has 1 aliphatic carbocycles. The molecule has 2 aliphatic rings. The minimum absolute atomic E-state index is 0.127. The molecule has 3 atom stereocenters. The first kappa shape index (κ1) is 16.5. The van der Waals surface area contributed by atoms with Crippen molar-refractivity contribution in [2.24, 2.45) is 11.8 Å². The summed E-state index contributed by atoms with van der Waals surface area (Å²) in [7, 11) is 0. The van der Waals surface area contributed by atoms with Crippen molar-refractivity contribution in [3.05, 3.63) is 46.8 Å². The molecule has 23 heavy (non-hydrogen) atoms. The first-order chi connectivity index (χ1) is 10.6. The first-order valence-corrected chi connectivity index (χ1v) is 7.90. The van der Waals surface area contributed by atoms with Gasteiger partial charge in [0.25, 0.3) is 0 Å². The molecular formula is C18H21F4N. The van der Waals surface area contributed by atoms with Gasteiger partial charge in [-0.3, -0.25) is 0 Å². The van der Waals surface area contributed by atoms with Crippen LogP contribution in [0.25, 0.3) is 0 Å². The normalized spacial score (nSPS) is 30.0. The zero-order chi connectivity index (χ0) is 17.0. The maximum Gasteiger partial charge on any atom is 0.419 e. The van der Waals surface area contributed by atoms with E-state index in [9.17, 15) is 17.6 Å². The molecule has 0 unspecified atom stereocenters. The molecule has 126 valence electrons. The largest absolute Gasteiger partial charge is 0.419 e. The highest BCUT2D eigenvalue weighted by atomic mass is 19.4. The third-order valence-corrected chi connectivity index (χ3v) is 5.46. The van der Waals surface area contributed by atoms with E-state index in [0.29, 0.717) is 11.5 Å². The summed E-state index contributed by atoms with van der Waals surface area (Å²) in [4.78, 5) is 0. The third kappa shape index (κ3) is 2.91. The van der Waals surface area contributed by atoms with E-state index in [-0.39, 0.29) is 17.5 Å². The van der Waals surface area contributed by atoms with E-state index >= 15 is 0 Å². The number of hydrogen-bond donors (Lipinski definition) is 1. The molecule has 3 rings (SSSR count). The molecule has 1 N–H and O–H groups in total. The van der Waals surface area contributed by atoms with Gasteiger partial charge in [-0.1, -0.05) is 17.7 Å². The molecule has 0 spiro atoms. The summed E-state index contributed by atoms with van der Waals surface area (Å²) in [6.45, 7) is 6.26. The predicted molar refractivity (Wildman–Crippen MR) is 81.3 cm³/mol. The highest BCUT2D eigenvalue weighted by Gasteiger charge is 2.44. The van der Waals surface area contributed by atoms with Crippen LogP contribution in [0.15, 0.2) is 29.8 Å². The topological polar surface area (TPSA) is 12.0 Å². The molecule has 0 saturated carbocycles. The Morgan fingerprint density at radius 1 is 1.22 bits per heavy atom. The maximum atomic E-state index is 14.0. The summed E-state index contributed by atoms with van der Waals surface area (Å²) in [6.07, 6.45) is -0.450. The lowest BCUT2D eigenvalue weighted by Gasteiger charge is -2.50.